The number of morpholine rings is 1. The Labute approximate surface area is 140 Å². The van der Waals surface area contributed by atoms with Gasteiger partial charge >= 0.3 is 0 Å². The molecule has 3 heterocycles. The number of carbonyl (C=O) groups excluding carboxylic acids is 1. The maximum atomic E-state index is 12.8. The maximum Gasteiger partial charge on any atom is 0.263 e. The monoisotopic (exact) mass is 359 g/mol. The van der Waals surface area contributed by atoms with E-state index in [-0.39, 0.29) is 21.7 Å². The van der Waals surface area contributed by atoms with Crippen molar-refractivity contribution in [3.8, 4) is 0 Å². The molecule has 2 saturated heterocycles. The average Bonchev–Trinajstić information content (AvgIpc) is 3.07. The molecule has 1 amide bonds. The summed E-state index contributed by atoms with van der Waals surface area (Å²) in [5, 5.41) is 7.82. The van der Waals surface area contributed by atoms with Crippen molar-refractivity contribution in [1.82, 2.24) is 14.9 Å². The Morgan fingerprint density at radius 3 is 2.87 bits per heavy atom. The Hall–Kier alpha value is -1.00. The topological polar surface area (TPSA) is 87.7 Å². The van der Waals surface area contributed by atoms with Crippen LogP contribution in [0, 0.1) is 0 Å². The van der Waals surface area contributed by atoms with E-state index in [9.17, 15) is 13.2 Å². The van der Waals surface area contributed by atoms with Crippen LogP contribution in [0.2, 0.25) is 0 Å². The molecule has 0 radical (unpaired) electrons. The normalized spacial score (nSPS) is 23.6. The number of thiophene rings is 1. The molecule has 23 heavy (non-hydrogen) atoms. The minimum atomic E-state index is -3.65. The molecule has 2 aliphatic rings. The molecular formula is C14H21N3O4S2. The number of nitrogens with one attached hydrogen (secondary N) is 2. The standard InChI is InChI=1S/C14H21N3O4S2/c18-14(16-11-2-1-4-15-10-11)13-12(3-9-22-13)23(19,20)17-5-7-21-8-6-17/h3,9,11,15H,1-2,4-8,10H2,(H,16,18). The first-order valence-electron chi connectivity index (χ1n) is 7.76. The number of rotatable bonds is 4. The Bertz CT molecular complexity index is 647. The van der Waals surface area contributed by atoms with Crippen molar-refractivity contribution in [3.05, 3.63) is 16.3 Å². The van der Waals surface area contributed by atoms with Crippen molar-refractivity contribution in [1.29, 1.82) is 0 Å². The quantitative estimate of drug-likeness (QED) is 0.805. The van der Waals surface area contributed by atoms with E-state index < -0.39 is 10.0 Å². The first kappa shape index (κ1) is 16.8. The number of nitrogens with zero attached hydrogens (tertiary/aromatic N) is 1. The molecule has 9 heteroatoms. The van der Waals surface area contributed by atoms with Gasteiger partial charge in [-0.1, -0.05) is 0 Å². The van der Waals surface area contributed by atoms with E-state index in [0.29, 0.717) is 26.3 Å². The van der Waals surface area contributed by atoms with Crippen LogP contribution in [0.4, 0.5) is 0 Å². The summed E-state index contributed by atoms with van der Waals surface area (Å²) in [4.78, 5) is 12.9. The average molecular weight is 359 g/mol. The molecule has 7 nitrogen and oxygen atoms in total. The van der Waals surface area contributed by atoms with Crippen LogP contribution in [-0.2, 0) is 14.8 Å². The number of hydrogen-bond donors (Lipinski definition) is 2. The number of sulfonamides is 1. The molecule has 1 atom stereocenters. The molecule has 2 aliphatic heterocycles. The first-order valence-corrected chi connectivity index (χ1v) is 10.1. The second-order valence-electron chi connectivity index (χ2n) is 5.65. The summed E-state index contributed by atoms with van der Waals surface area (Å²) in [5.41, 5.74) is 0. The number of hydrogen-bond acceptors (Lipinski definition) is 6. The van der Waals surface area contributed by atoms with Crippen molar-refractivity contribution >= 4 is 27.3 Å². The summed E-state index contributed by atoms with van der Waals surface area (Å²) in [6, 6.07) is 1.57. The summed E-state index contributed by atoms with van der Waals surface area (Å²) < 4.78 is 32.1. The smallest absolute Gasteiger partial charge is 0.263 e. The second kappa shape index (κ2) is 7.27. The predicted octanol–water partition coefficient (Wildman–Crippen LogP) is 0.251. The van der Waals surface area contributed by atoms with Crippen LogP contribution < -0.4 is 10.6 Å². The van der Waals surface area contributed by atoms with Gasteiger partial charge in [-0.3, -0.25) is 4.79 Å². The molecule has 1 aromatic rings. The largest absolute Gasteiger partial charge is 0.379 e. The van der Waals surface area contributed by atoms with Crippen LogP contribution in [0.15, 0.2) is 16.3 Å². The summed E-state index contributed by atoms with van der Waals surface area (Å²) in [6.07, 6.45) is 1.92. The van der Waals surface area contributed by atoms with E-state index in [4.69, 9.17) is 4.74 Å². The van der Waals surface area contributed by atoms with E-state index in [2.05, 4.69) is 10.6 Å². The lowest BCUT2D eigenvalue weighted by atomic mass is 10.1. The number of ether oxygens (including phenoxy) is 1. The fraction of sp³-hybridized carbons (Fsp3) is 0.643. The summed E-state index contributed by atoms with van der Waals surface area (Å²) in [7, 11) is -3.65. The minimum Gasteiger partial charge on any atom is -0.379 e. The van der Waals surface area contributed by atoms with Gasteiger partial charge in [-0.15, -0.1) is 11.3 Å². The van der Waals surface area contributed by atoms with E-state index >= 15 is 0 Å². The number of carbonyl (C=O) groups is 1. The zero-order chi connectivity index (χ0) is 16.3. The van der Waals surface area contributed by atoms with E-state index in [1.54, 1.807) is 5.38 Å². The van der Waals surface area contributed by atoms with Crippen molar-refractivity contribution in [2.75, 3.05) is 39.4 Å². The number of amides is 1. The van der Waals surface area contributed by atoms with Gasteiger partial charge in [0.05, 0.1) is 13.2 Å². The summed E-state index contributed by atoms with van der Waals surface area (Å²) >= 11 is 1.17. The third-order valence-corrected chi connectivity index (χ3v) is 7.04. The van der Waals surface area contributed by atoms with Gasteiger partial charge in [-0.2, -0.15) is 4.31 Å². The molecule has 2 N–H and O–H groups in total. The van der Waals surface area contributed by atoms with E-state index in [1.807, 2.05) is 0 Å². The van der Waals surface area contributed by atoms with Crippen LogP contribution in [-0.4, -0.2) is 64.1 Å². The molecule has 0 saturated carbocycles. The third-order valence-electron chi connectivity index (χ3n) is 4.06. The molecule has 128 valence electrons. The molecule has 2 fully saturated rings. The predicted molar refractivity (Wildman–Crippen MR) is 87.3 cm³/mol. The Morgan fingerprint density at radius 1 is 1.39 bits per heavy atom. The van der Waals surface area contributed by atoms with E-state index in [1.165, 1.54) is 21.7 Å². The first-order chi connectivity index (χ1) is 11.1. The van der Waals surface area contributed by atoms with Gasteiger partial charge in [-0.05, 0) is 30.8 Å². The molecule has 0 aromatic carbocycles. The van der Waals surface area contributed by atoms with Gasteiger partial charge < -0.3 is 15.4 Å². The molecule has 3 rings (SSSR count). The SMILES string of the molecule is O=C(NC1CCCNC1)c1sccc1S(=O)(=O)N1CCOCC1. The lowest BCUT2D eigenvalue weighted by molar-refractivity contribution is 0.0730. The lowest BCUT2D eigenvalue weighted by Gasteiger charge is -2.26. The fourth-order valence-electron chi connectivity index (χ4n) is 2.82. The molecule has 1 aromatic heterocycles. The maximum absolute atomic E-state index is 12.8. The highest BCUT2D eigenvalue weighted by molar-refractivity contribution is 7.89. The highest BCUT2D eigenvalue weighted by Gasteiger charge is 2.31. The van der Waals surface area contributed by atoms with Gasteiger partial charge in [0.15, 0.2) is 0 Å². The van der Waals surface area contributed by atoms with Crippen molar-refractivity contribution in [2.45, 2.75) is 23.8 Å². The molecule has 0 spiro atoms. The summed E-state index contributed by atoms with van der Waals surface area (Å²) in [6.45, 7) is 3.11. The van der Waals surface area contributed by atoms with Crippen LogP contribution >= 0.6 is 11.3 Å². The Kier molecular flexibility index (Phi) is 5.32. The van der Waals surface area contributed by atoms with Gasteiger partial charge in [0.2, 0.25) is 10.0 Å². The molecule has 0 aliphatic carbocycles. The minimum absolute atomic E-state index is 0.0530. The van der Waals surface area contributed by atoms with E-state index in [0.717, 1.165) is 25.9 Å². The van der Waals surface area contributed by atoms with Gasteiger partial charge in [-0.25, -0.2) is 8.42 Å². The lowest BCUT2D eigenvalue weighted by Crippen LogP contribution is -2.46. The zero-order valence-corrected chi connectivity index (χ0v) is 14.4. The van der Waals surface area contributed by atoms with Gasteiger partial charge in [0.1, 0.15) is 9.77 Å². The van der Waals surface area contributed by atoms with Crippen molar-refractivity contribution < 1.29 is 17.9 Å². The highest BCUT2D eigenvalue weighted by Crippen LogP contribution is 2.26. The molecular weight excluding hydrogens is 338 g/mol. The molecule has 0 bridgehead atoms. The Morgan fingerprint density at radius 2 is 2.17 bits per heavy atom. The van der Waals surface area contributed by atoms with Crippen LogP contribution in [0.1, 0.15) is 22.5 Å². The third kappa shape index (κ3) is 3.74. The van der Waals surface area contributed by atoms with Gasteiger partial charge in [0, 0.05) is 25.7 Å². The van der Waals surface area contributed by atoms with Gasteiger partial charge in [0.25, 0.3) is 5.91 Å². The van der Waals surface area contributed by atoms with Crippen LogP contribution in [0.25, 0.3) is 0 Å². The van der Waals surface area contributed by atoms with Crippen LogP contribution in [0.5, 0.6) is 0 Å². The molecule has 1 unspecified atom stereocenters. The van der Waals surface area contributed by atoms with Crippen molar-refractivity contribution in [3.63, 3.8) is 0 Å². The fourth-order valence-corrected chi connectivity index (χ4v) is 5.53. The van der Waals surface area contributed by atoms with Crippen LogP contribution in [0.3, 0.4) is 0 Å². The van der Waals surface area contributed by atoms with Crippen molar-refractivity contribution in [2.24, 2.45) is 0 Å². The Balaban J connectivity index is 1.76. The summed E-state index contributed by atoms with van der Waals surface area (Å²) in [5.74, 6) is -0.305. The second-order valence-corrected chi connectivity index (χ2v) is 8.47. The highest BCUT2D eigenvalue weighted by atomic mass is 32.2. The number of piperidine rings is 1. The zero-order valence-electron chi connectivity index (χ0n) is 12.8.